The van der Waals surface area contributed by atoms with Crippen LogP contribution in [0.25, 0.3) is 0 Å². The molecule has 0 aliphatic heterocycles. The van der Waals surface area contributed by atoms with Gasteiger partial charge < -0.3 is 10.8 Å². The molecule has 1 rings (SSSR count). The molecule has 0 spiro atoms. The van der Waals surface area contributed by atoms with Gasteiger partial charge in [0.1, 0.15) is 5.75 Å². The van der Waals surface area contributed by atoms with Gasteiger partial charge in [-0.1, -0.05) is 55.4 Å². The van der Waals surface area contributed by atoms with E-state index in [1.54, 1.807) is 0 Å². The first-order valence-electron chi connectivity index (χ1n) is 8.04. The van der Waals surface area contributed by atoms with Gasteiger partial charge in [-0.2, -0.15) is 0 Å². The molecule has 0 unspecified atom stereocenters. The Morgan fingerprint density at radius 2 is 1.19 bits per heavy atom. The van der Waals surface area contributed by atoms with Crippen molar-refractivity contribution < 1.29 is 5.11 Å². The summed E-state index contributed by atoms with van der Waals surface area (Å²) in [7, 11) is 0. The van der Waals surface area contributed by atoms with Crippen LogP contribution in [-0.2, 0) is 16.4 Å². The molecular weight excluding hydrogens is 258 g/mol. The number of nitrogens with two attached hydrogens (primary N) is 1. The second-order valence-electron chi connectivity index (χ2n) is 8.28. The fourth-order valence-electron chi connectivity index (χ4n) is 2.72. The number of benzene rings is 1. The van der Waals surface area contributed by atoms with Gasteiger partial charge in [0, 0.05) is 5.54 Å². The Kier molecular flexibility index (Phi) is 4.84. The van der Waals surface area contributed by atoms with Gasteiger partial charge >= 0.3 is 0 Å². The predicted molar refractivity (Wildman–Crippen MR) is 92.0 cm³/mol. The second kappa shape index (κ2) is 5.64. The zero-order valence-electron chi connectivity index (χ0n) is 15.1. The maximum Gasteiger partial charge on any atom is 0.123 e. The summed E-state index contributed by atoms with van der Waals surface area (Å²) in [4.78, 5) is 0. The average molecular weight is 291 g/mol. The van der Waals surface area contributed by atoms with Gasteiger partial charge in [0.25, 0.3) is 0 Å². The Hall–Kier alpha value is -1.02. The number of hydrogen-bond donors (Lipinski definition) is 2. The smallest absolute Gasteiger partial charge is 0.123 e. The zero-order chi connectivity index (χ0) is 16.6. The van der Waals surface area contributed by atoms with E-state index >= 15 is 0 Å². The van der Waals surface area contributed by atoms with Crippen LogP contribution in [0.2, 0.25) is 0 Å². The summed E-state index contributed by atoms with van der Waals surface area (Å²) in [5.41, 5.74) is 9.18. The molecule has 1 aromatic carbocycles. The largest absolute Gasteiger partial charge is 0.507 e. The monoisotopic (exact) mass is 291 g/mol. The molecule has 0 heterocycles. The number of phenolic OH excluding ortho intramolecular Hbond substituents is 1. The molecule has 120 valence electrons. The highest BCUT2D eigenvalue weighted by atomic mass is 16.3. The summed E-state index contributed by atoms with van der Waals surface area (Å²) < 4.78 is 0. The number of hydrogen-bond acceptors (Lipinski definition) is 2. The zero-order valence-corrected chi connectivity index (χ0v) is 15.1. The summed E-state index contributed by atoms with van der Waals surface area (Å²) in [6.45, 7) is 17.1. The highest BCUT2D eigenvalue weighted by molar-refractivity contribution is 5.51. The molecule has 0 saturated carbocycles. The van der Waals surface area contributed by atoms with Gasteiger partial charge in [-0.3, -0.25) is 0 Å². The minimum atomic E-state index is -0.326. The third kappa shape index (κ3) is 3.60. The van der Waals surface area contributed by atoms with E-state index in [4.69, 9.17) is 5.73 Å². The lowest BCUT2D eigenvalue weighted by atomic mass is 9.75. The van der Waals surface area contributed by atoms with Crippen LogP contribution in [-0.4, -0.2) is 5.11 Å². The molecule has 0 radical (unpaired) electrons. The molecule has 0 amide bonds. The Morgan fingerprint density at radius 1 is 0.857 bits per heavy atom. The number of phenols is 1. The third-order valence-corrected chi connectivity index (χ3v) is 4.56. The standard InChI is InChI=1S/C19H33NO/c1-9-19(20,10-2)13-11-14(17(3,4)5)16(21)15(12-13)18(6,7)8/h11-12,21H,9-10,20H2,1-8H3. The van der Waals surface area contributed by atoms with Gasteiger partial charge in [-0.25, -0.2) is 0 Å². The molecule has 2 nitrogen and oxygen atoms in total. The van der Waals surface area contributed by atoms with E-state index in [2.05, 4.69) is 67.5 Å². The number of aromatic hydroxyl groups is 1. The Balaban J connectivity index is 3.71. The Bertz CT molecular complexity index is 464. The van der Waals surface area contributed by atoms with Crippen molar-refractivity contribution in [1.29, 1.82) is 0 Å². The van der Waals surface area contributed by atoms with Crippen molar-refractivity contribution in [2.75, 3.05) is 0 Å². The topological polar surface area (TPSA) is 46.2 Å². The van der Waals surface area contributed by atoms with Crippen molar-refractivity contribution in [2.45, 2.75) is 84.6 Å². The molecule has 2 heteroatoms. The highest BCUT2D eigenvalue weighted by Gasteiger charge is 2.31. The minimum Gasteiger partial charge on any atom is -0.507 e. The fourth-order valence-corrected chi connectivity index (χ4v) is 2.72. The van der Waals surface area contributed by atoms with E-state index in [9.17, 15) is 5.11 Å². The van der Waals surface area contributed by atoms with Crippen LogP contribution in [0, 0.1) is 0 Å². The normalized spacial score (nSPS) is 13.6. The van der Waals surface area contributed by atoms with Crippen molar-refractivity contribution in [3.05, 3.63) is 28.8 Å². The van der Waals surface area contributed by atoms with Crippen LogP contribution >= 0.6 is 0 Å². The van der Waals surface area contributed by atoms with Crippen LogP contribution < -0.4 is 5.73 Å². The van der Waals surface area contributed by atoms with Crippen molar-refractivity contribution in [2.24, 2.45) is 5.73 Å². The van der Waals surface area contributed by atoms with Gasteiger partial charge in [-0.05, 0) is 52.5 Å². The van der Waals surface area contributed by atoms with E-state index in [0.717, 1.165) is 29.5 Å². The molecule has 0 aliphatic rings. The fraction of sp³-hybridized carbons (Fsp3) is 0.684. The lowest BCUT2D eigenvalue weighted by Crippen LogP contribution is -2.36. The molecule has 0 atom stereocenters. The second-order valence-corrected chi connectivity index (χ2v) is 8.28. The van der Waals surface area contributed by atoms with Gasteiger partial charge in [0.05, 0.1) is 0 Å². The average Bonchev–Trinajstić information content (AvgIpc) is 2.35. The highest BCUT2D eigenvalue weighted by Crippen LogP contribution is 2.42. The summed E-state index contributed by atoms with van der Waals surface area (Å²) >= 11 is 0. The number of rotatable bonds is 3. The quantitative estimate of drug-likeness (QED) is 0.826. The minimum absolute atomic E-state index is 0.109. The van der Waals surface area contributed by atoms with Gasteiger partial charge in [0.2, 0.25) is 0 Å². The summed E-state index contributed by atoms with van der Waals surface area (Å²) in [5.74, 6) is 0.424. The summed E-state index contributed by atoms with van der Waals surface area (Å²) in [6.07, 6.45) is 1.78. The van der Waals surface area contributed by atoms with E-state index in [-0.39, 0.29) is 16.4 Å². The first-order chi connectivity index (χ1) is 9.36. The van der Waals surface area contributed by atoms with Crippen LogP contribution in [0.15, 0.2) is 12.1 Å². The van der Waals surface area contributed by atoms with E-state index in [0.29, 0.717) is 5.75 Å². The lowest BCUT2D eigenvalue weighted by Gasteiger charge is -2.33. The van der Waals surface area contributed by atoms with Crippen molar-refractivity contribution in [1.82, 2.24) is 0 Å². The SMILES string of the molecule is CCC(N)(CC)c1cc(C(C)(C)C)c(O)c(C(C)(C)C)c1. The molecule has 21 heavy (non-hydrogen) atoms. The van der Waals surface area contributed by atoms with Crippen molar-refractivity contribution in [3.63, 3.8) is 0 Å². The first kappa shape index (κ1) is 18.0. The van der Waals surface area contributed by atoms with Crippen LogP contribution in [0.4, 0.5) is 0 Å². The van der Waals surface area contributed by atoms with E-state index in [1.165, 1.54) is 0 Å². The van der Waals surface area contributed by atoms with Crippen LogP contribution in [0.3, 0.4) is 0 Å². The van der Waals surface area contributed by atoms with E-state index < -0.39 is 0 Å². The Labute approximate surface area is 130 Å². The molecule has 0 fully saturated rings. The lowest BCUT2D eigenvalue weighted by molar-refractivity contribution is 0.398. The van der Waals surface area contributed by atoms with Crippen LogP contribution in [0.5, 0.6) is 5.75 Å². The maximum absolute atomic E-state index is 10.8. The van der Waals surface area contributed by atoms with Crippen molar-refractivity contribution in [3.8, 4) is 5.75 Å². The molecular formula is C19H33NO. The van der Waals surface area contributed by atoms with Gasteiger partial charge in [0.15, 0.2) is 0 Å². The maximum atomic E-state index is 10.8. The molecule has 0 saturated heterocycles. The molecule has 0 aliphatic carbocycles. The molecule has 3 N–H and O–H groups in total. The third-order valence-electron chi connectivity index (χ3n) is 4.56. The van der Waals surface area contributed by atoms with Gasteiger partial charge in [-0.15, -0.1) is 0 Å². The first-order valence-corrected chi connectivity index (χ1v) is 8.04. The molecule has 0 bridgehead atoms. The van der Waals surface area contributed by atoms with Crippen LogP contribution in [0.1, 0.15) is 84.9 Å². The van der Waals surface area contributed by atoms with E-state index in [1.807, 2.05) is 0 Å². The Morgan fingerprint density at radius 3 is 1.43 bits per heavy atom. The van der Waals surface area contributed by atoms with Crippen molar-refractivity contribution >= 4 is 0 Å². The molecule has 0 aromatic heterocycles. The molecule has 1 aromatic rings. The summed E-state index contributed by atoms with van der Waals surface area (Å²) in [6, 6.07) is 4.22. The predicted octanol–water partition coefficient (Wildman–Crippen LogP) is 4.96. The summed E-state index contributed by atoms with van der Waals surface area (Å²) in [5, 5.41) is 10.8.